The Kier molecular flexibility index (Phi) is 6.05. The highest BCUT2D eigenvalue weighted by molar-refractivity contribution is 9.10. The van der Waals surface area contributed by atoms with Crippen LogP contribution in [0.2, 0.25) is 0 Å². The number of ether oxygens (including phenoxy) is 1. The van der Waals surface area contributed by atoms with Crippen molar-refractivity contribution in [2.24, 2.45) is 5.92 Å². The van der Waals surface area contributed by atoms with E-state index in [0.717, 1.165) is 53.2 Å². The molecule has 0 bridgehead atoms. The molecule has 2 aliphatic rings. The van der Waals surface area contributed by atoms with Crippen LogP contribution < -0.4 is 4.74 Å². The number of likely N-dealkylation sites (tertiary alicyclic amines) is 1. The van der Waals surface area contributed by atoms with E-state index < -0.39 is 0 Å². The molecule has 3 heterocycles. The van der Waals surface area contributed by atoms with Gasteiger partial charge in [-0.3, -0.25) is 4.90 Å². The van der Waals surface area contributed by atoms with Crippen molar-refractivity contribution in [3.63, 3.8) is 0 Å². The topological polar surface area (TPSA) is 56.1 Å². The molecule has 0 amide bonds. The lowest BCUT2D eigenvalue weighted by Crippen LogP contribution is -2.32. The summed E-state index contributed by atoms with van der Waals surface area (Å²) in [5, 5.41) is 8.77. The standard InChI is InChI=1S/C27H28BrN5O/c28-25-24(11-10-23-26(25)30-31-33(23)17-19-8-9-19)34-27-22(7-4-14-29-27)18-32-15-12-21(13-16-32)20-5-2-1-3-6-20/h1-7,10-11,14,19,21H,8-9,12-13,15-18H2. The Morgan fingerprint density at radius 1 is 0.941 bits per heavy atom. The van der Waals surface area contributed by atoms with Gasteiger partial charge < -0.3 is 4.74 Å². The molecule has 0 N–H and O–H groups in total. The van der Waals surface area contributed by atoms with Crippen molar-refractivity contribution in [3.8, 4) is 11.6 Å². The van der Waals surface area contributed by atoms with Crippen molar-refractivity contribution in [1.29, 1.82) is 0 Å². The lowest BCUT2D eigenvalue weighted by molar-refractivity contribution is 0.202. The lowest BCUT2D eigenvalue weighted by atomic mass is 9.89. The third kappa shape index (κ3) is 4.59. The zero-order chi connectivity index (χ0) is 22.9. The van der Waals surface area contributed by atoms with Gasteiger partial charge in [-0.1, -0.05) is 41.6 Å². The van der Waals surface area contributed by atoms with E-state index >= 15 is 0 Å². The maximum atomic E-state index is 6.32. The fourth-order valence-corrected chi connectivity index (χ4v) is 5.37. The normalized spacial score (nSPS) is 17.3. The maximum Gasteiger partial charge on any atom is 0.223 e. The fourth-order valence-electron chi connectivity index (χ4n) is 4.88. The molecule has 1 aliphatic heterocycles. The van der Waals surface area contributed by atoms with Crippen LogP contribution in [0.5, 0.6) is 11.6 Å². The molecule has 1 saturated carbocycles. The zero-order valence-electron chi connectivity index (χ0n) is 19.1. The molecule has 1 saturated heterocycles. The molecular weight excluding hydrogens is 490 g/mol. The minimum Gasteiger partial charge on any atom is -0.437 e. The monoisotopic (exact) mass is 517 g/mol. The molecule has 0 atom stereocenters. The highest BCUT2D eigenvalue weighted by atomic mass is 79.9. The Morgan fingerprint density at radius 3 is 2.56 bits per heavy atom. The van der Waals surface area contributed by atoms with Gasteiger partial charge in [0.1, 0.15) is 11.3 Å². The van der Waals surface area contributed by atoms with E-state index in [1.54, 1.807) is 6.20 Å². The number of rotatable bonds is 7. The van der Waals surface area contributed by atoms with Gasteiger partial charge >= 0.3 is 0 Å². The molecule has 2 aromatic carbocycles. The smallest absolute Gasteiger partial charge is 0.223 e. The van der Waals surface area contributed by atoms with Crippen LogP contribution in [0.25, 0.3) is 11.0 Å². The molecule has 34 heavy (non-hydrogen) atoms. The Labute approximate surface area is 208 Å². The second kappa shape index (κ2) is 9.47. The predicted molar refractivity (Wildman–Crippen MR) is 136 cm³/mol. The number of halogens is 1. The van der Waals surface area contributed by atoms with E-state index in [0.29, 0.717) is 17.5 Å². The summed E-state index contributed by atoms with van der Waals surface area (Å²) in [6.07, 6.45) is 6.73. The molecule has 0 unspecified atom stereocenters. The summed E-state index contributed by atoms with van der Waals surface area (Å²) >= 11 is 3.71. The van der Waals surface area contributed by atoms with Crippen LogP contribution in [0, 0.1) is 5.92 Å². The highest BCUT2D eigenvalue weighted by Crippen LogP contribution is 2.37. The molecule has 6 nitrogen and oxygen atoms in total. The first-order chi connectivity index (χ1) is 16.7. The number of hydrogen-bond donors (Lipinski definition) is 0. The van der Waals surface area contributed by atoms with Gasteiger partial charge in [0, 0.05) is 24.8 Å². The van der Waals surface area contributed by atoms with Crippen molar-refractivity contribution in [2.75, 3.05) is 13.1 Å². The lowest BCUT2D eigenvalue weighted by Gasteiger charge is -2.32. The number of pyridine rings is 1. The number of hydrogen-bond acceptors (Lipinski definition) is 5. The number of benzene rings is 2. The fraction of sp³-hybridized carbons (Fsp3) is 0.370. The number of nitrogens with zero attached hydrogens (tertiary/aromatic N) is 5. The van der Waals surface area contributed by atoms with Crippen LogP contribution >= 0.6 is 15.9 Å². The molecule has 6 rings (SSSR count). The zero-order valence-corrected chi connectivity index (χ0v) is 20.7. The minimum absolute atomic E-state index is 0.651. The van der Waals surface area contributed by atoms with Gasteiger partial charge in [0.05, 0.1) is 9.99 Å². The van der Waals surface area contributed by atoms with Crippen molar-refractivity contribution >= 4 is 27.0 Å². The number of piperidine rings is 1. The quantitative estimate of drug-likeness (QED) is 0.293. The highest BCUT2D eigenvalue weighted by Gasteiger charge is 2.25. The Bertz CT molecular complexity index is 1280. The first kappa shape index (κ1) is 21.7. The molecule has 174 valence electrons. The molecule has 0 radical (unpaired) electrons. The first-order valence-electron chi connectivity index (χ1n) is 12.2. The molecule has 1 aliphatic carbocycles. The SMILES string of the molecule is Brc1c(Oc2ncccc2CN2CCC(c3ccccc3)CC2)ccc2c1nnn2CC1CC1. The molecular formula is C27H28BrN5O. The van der Waals surface area contributed by atoms with Crippen LogP contribution in [-0.2, 0) is 13.1 Å². The second-order valence-electron chi connectivity index (χ2n) is 9.49. The van der Waals surface area contributed by atoms with E-state index in [9.17, 15) is 0 Å². The van der Waals surface area contributed by atoms with Gasteiger partial charge in [-0.25, -0.2) is 9.67 Å². The van der Waals surface area contributed by atoms with E-state index in [1.807, 2.05) is 16.8 Å². The average molecular weight is 518 g/mol. The summed E-state index contributed by atoms with van der Waals surface area (Å²) < 4.78 is 9.15. The van der Waals surface area contributed by atoms with E-state index in [-0.39, 0.29) is 0 Å². The minimum atomic E-state index is 0.651. The van der Waals surface area contributed by atoms with Crippen molar-refractivity contribution in [3.05, 3.63) is 76.4 Å². The average Bonchev–Trinajstić information content (AvgIpc) is 3.61. The Morgan fingerprint density at radius 2 is 1.76 bits per heavy atom. The molecule has 4 aromatic rings. The van der Waals surface area contributed by atoms with Crippen LogP contribution in [0.4, 0.5) is 0 Å². The largest absolute Gasteiger partial charge is 0.437 e. The summed E-state index contributed by atoms with van der Waals surface area (Å²) in [5.41, 5.74) is 4.43. The van der Waals surface area contributed by atoms with Gasteiger partial charge in [-0.15, -0.1) is 5.10 Å². The van der Waals surface area contributed by atoms with Gasteiger partial charge in [0.15, 0.2) is 0 Å². The molecule has 2 fully saturated rings. The maximum absolute atomic E-state index is 6.32. The molecule has 0 spiro atoms. The summed E-state index contributed by atoms with van der Waals surface area (Å²) in [4.78, 5) is 7.07. The number of aromatic nitrogens is 4. The van der Waals surface area contributed by atoms with Crippen LogP contribution in [-0.4, -0.2) is 38.0 Å². The summed E-state index contributed by atoms with van der Waals surface area (Å²) in [7, 11) is 0. The summed E-state index contributed by atoms with van der Waals surface area (Å²) in [6.45, 7) is 3.93. The van der Waals surface area contributed by atoms with Crippen molar-refractivity contribution in [2.45, 2.75) is 44.7 Å². The van der Waals surface area contributed by atoms with Gasteiger partial charge in [0.2, 0.25) is 5.88 Å². The van der Waals surface area contributed by atoms with Crippen LogP contribution in [0.1, 0.15) is 42.7 Å². The van der Waals surface area contributed by atoms with E-state index in [1.165, 1.54) is 31.2 Å². The van der Waals surface area contributed by atoms with Crippen LogP contribution in [0.15, 0.2) is 65.3 Å². The Hall–Kier alpha value is -2.77. The van der Waals surface area contributed by atoms with E-state index in [4.69, 9.17) is 4.74 Å². The Balaban J connectivity index is 1.16. The van der Waals surface area contributed by atoms with Crippen molar-refractivity contribution < 1.29 is 4.74 Å². The third-order valence-corrected chi connectivity index (χ3v) is 7.79. The number of fused-ring (bicyclic) bond motifs is 1. The van der Waals surface area contributed by atoms with Gasteiger partial charge in [-0.2, -0.15) is 0 Å². The predicted octanol–water partition coefficient (Wildman–Crippen LogP) is 6.17. The summed E-state index contributed by atoms with van der Waals surface area (Å²) in [6, 6.07) is 19.0. The van der Waals surface area contributed by atoms with Crippen molar-refractivity contribution in [1.82, 2.24) is 24.9 Å². The molecule has 2 aromatic heterocycles. The third-order valence-electron chi connectivity index (χ3n) is 7.03. The second-order valence-corrected chi connectivity index (χ2v) is 10.3. The van der Waals surface area contributed by atoms with Crippen LogP contribution in [0.3, 0.4) is 0 Å². The van der Waals surface area contributed by atoms with E-state index in [2.05, 4.69) is 78.6 Å². The summed E-state index contributed by atoms with van der Waals surface area (Å²) in [5.74, 6) is 2.76. The van der Waals surface area contributed by atoms with Gasteiger partial charge in [-0.05, 0) is 90.3 Å². The first-order valence-corrected chi connectivity index (χ1v) is 12.9. The van der Waals surface area contributed by atoms with Gasteiger partial charge in [0.25, 0.3) is 0 Å². The molecule has 7 heteroatoms.